The number of methoxy groups -OCH3 is 3. The normalized spacial score (nSPS) is 17.3. The molecule has 70 heavy (non-hydrogen) atoms. The number of halogens is 7. The number of carbonyl (C=O) groups is 3. The zero-order valence-corrected chi connectivity index (χ0v) is 44.9. The van der Waals surface area contributed by atoms with Gasteiger partial charge in [0, 0.05) is 73.7 Å². The van der Waals surface area contributed by atoms with Crippen molar-refractivity contribution in [2.75, 3.05) is 61.4 Å². The average molecular weight is 1220 g/mol. The second-order valence-corrected chi connectivity index (χ2v) is 20.2. The summed E-state index contributed by atoms with van der Waals surface area (Å²) in [5.74, 6) is -0.389. The number of amides is 3. The van der Waals surface area contributed by atoms with E-state index in [1.165, 1.54) is 45.6 Å². The summed E-state index contributed by atoms with van der Waals surface area (Å²) in [6, 6.07) is 37.3. The van der Waals surface area contributed by atoms with Crippen LogP contribution in [0.15, 0.2) is 141 Å². The van der Waals surface area contributed by atoms with Gasteiger partial charge in [-0.25, -0.2) is 13.2 Å². The van der Waals surface area contributed by atoms with Gasteiger partial charge in [0.25, 0.3) is 0 Å². The summed E-state index contributed by atoms with van der Waals surface area (Å²) in [7, 11) is 4.29. The molecule has 0 spiro atoms. The summed E-state index contributed by atoms with van der Waals surface area (Å²) in [5, 5.41) is 0. The van der Waals surface area contributed by atoms with Gasteiger partial charge in [-0.05, 0) is 152 Å². The van der Waals surface area contributed by atoms with Gasteiger partial charge in [-0.1, -0.05) is 75.9 Å². The zero-order valence-electron chi connectivity index (χ0n) is 38.5. The maximum absolute atomic E-state index is 13.8. The van der Waals surface area contributed by atoms with Crippen molar-refractivity contribution in [3.8, 4) is 17.2 Å². The minimum absolute atomic E-state index is 0.00820. The summed E-state index contributed by atoms with van der Waals surface area (Å²) in [6.45, 7) is 2.20. The highest BCUT2D eigenvalue weighted by atomic mass is 79.9. The molecular formula is C53H51Br4F3N4O6. The first-order valence-corrected chi connectivity index (χ1v) is 25.5. The molecule has 0 aliphatic carbocycles. The minimum atomic E-state index is -0.428. The van der Waals surface area contributed by atoms with E-state index in [-0.39, 0.29) is 63.3 Å². The summed E-state index contributed by atoms with van der Waals surface area (Å²) in [5.41, 5.74) is 10.1. The molecule has 3 aliphatic heterocycles. The van der Waals surface area contributed by atoms with Gasteiger partial charge in [0.15, 0.2) is 34.7 Å². The van der Waals surface area contributed by atoms with E-state index in [1.807, 2.05) is 89.8 Å². The molecule has 10 nitrogen and oxygen atoms in total. The molecule has 3 aliphatic rings. The molecule has 2 N–H and O–H groups in total. The van der Waals surface area contributed by atoms with Crippen molar-refractivity contribution < 1.29 is 41.8 Å². The summed E-state index contributed by atoms with van der Waals surface area (Å²) >= 11 is 13.5. The fourth-order valence-corrected chi connectivity index (χ4v) is 9.30. The number of ether oxygens (including phenoxy) is 3. The van der Waals surface area contributed by atoms with Crippen LogP contribution in [0.25, 0.3) is 0 Å². The standard InChI is InChI=1S/2C18H17BrFNO2.C10H9Br2NO.C7H8FNO/c2*1-23-17-7-2-12(11-16(17)20)10-13-8-9-21(18(13)22)15-5-3-14(19)4-6-15;11-7-1-3-8(4-2-7)13-6-5-9(12)10(13)14;1-10-7-3-2-5(9)4-6(7)8/h2*2-7,11,13H,8-10H2,1H3;1-4,9H,5-6H2;2-4H,9H2,1H3. The molecule has 3 atom stereocenters. The Labute approximate surface area is 439 Å². The third-order valence-corrected chi connectivity index (χ3v) is 14.2. The molecule has 3 fully saturated rings. The molecule has 3 amide bonds. The number of nitrogen functional groups attached to an aromatic ring is 1. The largest absolute Gasteiger partial charge is 0.494 e. The van der Waals surface area contributed by atoms with E-state index in [4.69, 9.17) is 15.2 Å². The second-order valence-electron chi connectivity index (χ2n) is 16.4. The van der Waals surface area contributed by atoms with E-state index in [9.17, 15) is 27.6 Å². The lowest BCUT2D eigenvalue weighted by atomic mass is 9.98. The predicted octanol–water partition coefficient (Wildman–Crippen LogP) is 12.8. The van der Waals surface area contributed by atoms with Crippen LogP contribution in [0.1, 0.15) is 30.4 Å². The quantitative estimate of drug-likeness (QED) is 0.107. The summed E-state index contributed by atoms with van der Waals surface area (Å²) in [6.07, 6.45) is 3.54. The van der Waals surface area contributed by atoms with Crippen LogP contribution in [0, 0.1) is 29.3 Å². The first kappa shape index (κ1) is 54.0. The first-order valence-electron chi connectivity index (χ1n) is 22.2. The SMILES string of the molecule is COc1ccc(CC2CCN(c3ccc(Br)cc3)C2=O)cc1F.COc1ccc(CC2CCN(c3ccc(Br)cc3)C2=O)cc1F.COc1ccc(N)cc1F.O=C1C(Br)CCN1c1ccc(Br)cc1. The average Bonchev–Trinajstić information content (AvgIpc) is 4.02. The van der Waals surface area contributed by atoms with Crippen LogP contribution in [0.2, 0.25) is 0 Å². The summed E-state index contributed by atoms with van der Waals surface area (Å²) < 4.78 is 57.7. The van der Waals surface area contributed by atoms with Crippen molar-refractivity contribution in [1.29, 1.82) is 0 Å². The highest BCUT2D eigenvalue weighted by Gasteiger charge is 2.34. The van der Waals surface area contributed by atoms with Crippen LogP contribution in [-0.2, 0) is 27.2 Å². The van der Waals surface area contributed by atoms with Gasteiger partial charge in [0.2, 0.25) is 17.7 Å². The molecule has 0 bridgehead atoms. The van der Waals surface area contributed by atoms with Crippen molar-refractivity contribution in [2.45, 2.75) is 36.9 Å². The first-order chi connectivity index (χ1) is 33.6. The lowest BCUT2D eigenvalue weighted by Gasteiger charge is -2.17. The van der Waals surface area contributed by atoms with Gasteiger partial charge in [-0.3, -0.25) is 14.4 Å². The van der Waals surface area contributed by atoms with E-state index in [0.29, 0.717) is 31.6 Å². The van der Waals surface area contributed by atoms with Crippen molar-refractivity contribution in [3.63, 3.8) is 0 Å². The number of nitrogens with zero attached hydrogens (tertiary/aromatic N) is 3. The van der Waals surface area contributed by atoms with Crippen LogP contribution in [0.4, 0.5) is 35.9 Å². The Bertz CT molecular complexity index is 2610. The Morgan fingerprint density at radius 3 is 1.13 bits per heavy atom. The molecule has 6 aromatic rings. The number of rotatable bonds is 10. The van der Waals surface area contributed by atoms with E-state index >= 15 is 0 Å². The maximum atomic E-state index is 13.8. The topological polar surface area (TPSA) is 115 Å². The Balaban J connectivity index is 0.000000161. The number of anilines is 4. The number of alkyl halides is 1. The molecule has 17 heteroatoms. The smallest absolute Gasteiger partial charge is 0.240 e. The Morgan fingerprint density at radius 1 is 0.486 bits per heavy atom. The van der Waals surface area contributed by atoms with Crippen molar-refractivity contribution in [1.82, 2.24) is 0 Å². The molecule has 3 unspecified atom stereocenters. The van der Waals surface area contributed by atoms with Crippen molar-refractivity contribution in [3.05, 3.63) is 169 Å². The Kier molecular flexibility index (Phi) is 19.8. The molecular weight excluding hydrogens is 1170 g/mol. The number of carbonyl (C=O) groups excluding carboxylic acids is 3. The van der Waals surface area contributed by atoms with E-state index < -0.39 is 5.82 Å². The third kappa shape index (κ3) is 14.4. The van der Waals surface area contributed by atoms with E-state index in [1.54, 1.807) is 28.0 Å². The maximum Gasteiger partial charge on any atom is 0.240 e. The van der Waals surface area contributed by atoms with Gasteiger partial charge < -0.3 is 34.6 Å². The molecule has 3 saturated heterocycles. The minimum Gasteiger partial charge on any atom is -0.494 e. The van der Waals surface area contributed by atoms with E-state index in [0.717, 1.165) is 67.4 Å². The van der Waals surface area contributed by atoms with Gasteiger partial charge in [0.05, 0.1) is 26.2 Å². The lowest BCUT2D eigenvalue weighted by molar-refractivity contribution is -0.121. The highest BCUT2D eigenvalue weighted by Crippen LogP contribution is 2.32. The van der Waals surface area contributed by atoms with Gasteiger partial charge >= 0.3 is 0 Å². The van der Waals surface area contributed by atoms with Crippen LogP contribution in [0.3, 0.4) is 0 Å². The Morgan fingerprint density at radius 2 is 0.814 bits per heavy atom. The van der Waals surface area contributed by atoms with E-state index in [2.05, 4.69) is 68.5 Å². The monoisotopic (exact) mass is 1210 g/mol. The van der Waals surface area contributed by atoms with Crippen molar-refractivity contribution in [2.24, 2.45) is 11.8 Å². The highest BCUT2D eigenvalue weighted by molar-refractivity contribution is 9.11. The van der Waals surface area contributed by atoms with Gasteiger partial charge in [-0.2, -0.15) is 0 Å². The molecule has 0 saturated carbocycles. The molecule has 0 aromatic heterocycles. The fourth-order valence-electron chi connectivity index (χ4n) is 8.06. The number of nitrogens with two attached hydrogens (primary N) is 1. The summed E-state index contributed by atoms with van der Waals surface area (Å²) in [4.78, 5) is 42.3. The number of hydrogen-bond donors (Lipinski definition) is 1. The predicted molar refractivity (Wildman–Crippen MR) is 284 cm³/mol. The number of hydrogen-bond acceptors (Lipinski definition) is 7. The third-order valence-electron chi connectivity index (χ3n) is 11.8. The van der Waals surface area contributed by atoms with Crippen LogP contribution in [0.5, 0.6) is 17.2 Å². The van der Waals surface area contributed by atoms with Crippen LogP contribution < -0.4 is 34.6 Å². The van der Waals surface area contributed by atoms with Crippen LogP contribution in [-0.4, -0.2) is 63.5 Å². The van der Waals surface area contributed by atoms with Gasteiger partial charge in [-0.15, -0.1) is 0 Å². The number of benzene rings is 6. The molecule has 0 radical (unpaired) electrons. The molecule has 368 valence electrons. The lowest BCUT2D eigenvalue weighted by Crippen LogP contribution is -2.27. The van der Waals surface area contributed by atoms with Crippen LogP contribution >= 0.6 is 63.7 Å². The molecule has 6 aromatic carbocycles. The molecule has 9 rings (SSSR count). The molecule has 3 heterocycles. The van der Waals surface area contributed by atoms with Crippen molar-refractivity contribution >= 4 is 104 Å². The fraction of sp³-hybridized carbons (Fsp3) is 0.264. The Hall–Kier alpha value is -5.36. The van der Waals surface area contributed by atoms with Gasteiger partial charge in [0.1, 0.15) is 0 Å². The zero-order chi connectivity index (χ0) is 50.5. The second kappa shape index (κ2) is 25.7.